The third kappa shape index (κ3) is 3.06. The predicted molar refractivity (Wildman–Crippen MR) is 89.8 cm³/mol. The van der Waals surface area contributed by atoms with Crippen LogP contribution < -0.4 is 5.32 Å². The molecule has 0 bridgehead atoms. The van der Waals surface area contributed by atoms with Crippen molar-refractivity contribution >= 4 is 5.91 Å². The summed E-state index contributed by atoms with van der Waals surface area (Å²) in [4.78, 5) is 12.1. The van der Waals surface area contributed by atoms with Crippen LogP contribution >= 0.6 is 0 Å². The Labute approximate surface area is 144 Å². The molecule has 1 aromatic carbocycles. The van der Waals surface area contributed by atoms with E-state index in [2.05, 4.69) is 15.6 Å². The van der Waals surface area contributed by atoms with Crippen LogP contribution in [0, 0.1) is 6.92 Å². The lowest BCUT2D eigenvalue weighted by molar-refractivity contribution is 0.00162. The minimum atomic E-state index is -0.236. The van der Waals surface area contributed by atoms with E-state index in [-0.39, 0.29) is 12.0 Å². The van der Waals surface area contributed by atoms with Gasteiger partial charge in [-0.15, -0.1) is 5.10 Å². The van der Waals surface area contributed by atoms with E-state index in [9.17, 15) is 4.79 Å². The summed E-state index contributed by atoms with van der Waals surface area (Å²) in [7, 11) is 0. The number of hydrogen-bond acceptors (Lipinski definition) is 5. The van der Waals surface area contributed by atoms with Gasteiger partial charge in [0.15, 0.2) is 5.76 Å². The molecule has 1 N–H and O–H groups in total. The molecule has 1 unspecified atom stereocenters. The predicted octanol–water partition coefficient (Wildman–Crippen LogP) is 2.18. The van der Waals surface area contributed by atoms with E-state index in [1.807, 2.05) is 41.9 Å². The summed E-state index contributed by atoms with van der Waals surface area (Å²) < 4.78 is 12.9. The fourth-order valence-corrected chi connectivity index (χ4v) is 2.90. The van der Waals surface area contributed by atoms with Crippen molar-refractivity contribution in [1.29, 1.82) is 0 Å². The number of aryl methyl sites for hydroxylation is 1. The molecule has 25 heavy (non-hydrogen) atoms. The van der Waals surface area contributed by atoms with E-state index >= 15 is 0 Å². The number of ether oxygens (including phenoxy) is 1. The largest absolute Gasteiger partial charge is 0.459 e. The van der Waals surface area contributed by atoms with Gasteiger partial charge in [0.1, 0.15) is 5.69 Å². The topological polar surface area (TPSA) is 82.2 Å². The molecule has 3 heterocycles. The molecule has 4 rings (SSSR count). The first-order valence-corrected chi connectivity index (χ1v) is 8.14. The molecule has 0 aliphatic carbocycles. The lowest BCUT2D eigenvalue weighted by atomic mass is 10.1. The van der Waals surface area contributed by atoms with Gasteiger partial charge in [0.05, 0.1) is 31.2 Å². The number of carbonyl (C=O) groups is 1. The molecule has 1 amide bonds. The third-order valence-corrected chi connectivity index (χ3v) is 4.28. The number of furan rings is 1. The van der Waals surface area contributed by atoms with Crippen LogP contribution in [0.5, 0.6) is 0 Å². The monoisotopic (exact) mass is 338 g/mol. The van der Waals surface area contributed by atoms with Crippen molar-refractivity contribution in [2.75, 3.05) is 6.54 Å². The number of hydrogen-bond donors (Lipinski definition) is 1. The van der Waals surface area contributed by atoms with Gasteiger partial charge in [-0.25, -0.2) is 4.68 Å². The molecule has 3 aromatic rings. The average molecular weight is 338 g/mol. The summed E-state index contributed by atoms with van der Waals surface area (Å²) in [5.74, 6) is 0.101. The molecule has 128 valence electrons. The molecule has 0 radical (unpaired) electrons. The zero-order valence-corrected chi connectivity index (χ0v) is 13.8. The van der Waals surface area contributed by atoms with Gasteiger partial charge in [-0.2, -0.15) is 0 Å². The molecule has 0 spiro atoms. The number of rotatable bonds is 4. The second kappa shape index (κ2) is 6.52. The van der Waals surface area contributed by atoms with Gasteiger partial charge >= 0.3 is 0 Å². The van der Waals surface area contributed by atoms with Crippen molar-refractivity contribution in [3.8, 4) is 11.3 Å². The van der Waals surface area contributed by atoms with Gasteiger partial charge in [0.25, 0.3) is 5.91 Å². The van der Waals surface area contributed by atoms with Crippen LogP contribution in [0.25, 0.3) is 11.3 Å². The van der Waals surface area contributed by atoms with E-state index in [1.54, 1.807) is 6.07 Å². The van der Waals surface area contributed by atoms with Crippen molar-refractivity contribution < 1.29 is 13.9 Å². The highest BCUT2D eigenvalue weighted by Crippen LogP contribution is 2.24. The van der Waals surface area contributed by atoms with Gasteiger partial charge in [0, 0.05) is 17.7 Å². The highest BCUT2D eigenvalue weighted by Gasteiger charge is 2.25. The second-order valence-corrected chi connectivity index (χ2v) is 6.01. The summed E-state index contributed by atoms with van der Waals surface area (Å²) in [6.45, 7) is 3.19. The van der Waals surface area contributed by atoms with E-state index in [0.717, 1.165) is 22.5 Å². The zero-order chi connectivity index (χ0) is 17.2. The molecule has 0 saturated heterocycles. The average Bonchev–Trinajstić information content (AvgIpc) is 3.26. The Hall–Kier alpha value is -2.93. The highest BCUT2D eigenvalue weighted by molar-refractivity contribution is 5.92. The normalized spacial score (nSPS) is 16.4. The summed E-state index contributed by atoms with van der Waals surface area (Å²) >= 11 is 0. The van der Waals surface area contributed by atoms with Crippen LogP contribution in [0.4, 0.5) is 0 Å². The van der Waals surface area contributed by atoms with Gasteiger partial charge in [0.2, 0.25) is 0 Å². The fourth-order valence-electron chi connectivity index (χ4n) is 2.90. The maximum absolute atomic E-state index is 12.1. The Morgan fingerprint density at radius 2 is 2.16 bits per heavy atom. The van der Waals surface area contributed by atoms with Crippen molar-refractivity contribution in [3.63, 3.8) is 0 Å². The number of amides is 1. The summed E-state index contributed by atoms with van der Waals surface area (Å²) in [6.07, 6.45) is 1.35. The van der Waals surface area contributed by atoms with Gasteiger partial charge in [-0.05, 0) is 13.0 Å². The van der Waals surface area contributed by atoms with Crippen molar-refractivity contribution in [1.82, 2.24) is 20.3 Å². The zero-order valence-electron chi connectivity index (χ0n) is 13.8. The SMILES string of the molecule is Cc1ccoc1C(=O)NCC1Cn2nnc(-c3ccccc3)c2CO1. The minimum absolute atomic E-state index is 0.156. The molecular weight excluding hydrogens is 320 g/mol. The summed E-state index contributed by atoms with van der Waals surface area (Å²) in [6, 6.07) is 11.7. The van der Waals surface area contributed by atoms with Crippen molar-refractivity contribution in [3.05, 3.63) is 59.7 Å². The Morgan fingerprint density at radius 3 is 2.92 bits per heavy atom. The Morgan fingerprint density at radius 1 is 1.32 bits per heavy atom. The van der Waals surface area contributed by atoms with Gasteiger partial charge in [-0.3, -0.25) is 4.79 Å². The second-order valence-electron chi connectivity index (χ2n) is 6.01. The quantitative estimate of drug-likeness (QED) is 0.788. The fraction of sp³-hybridized carbons (Fsp3) is 0.278. The molecule has 0 saturated carbocycles. The lowest BCUT2D eigenvalue weighted by Crippen LogP contribution is -2.39. The molecule has 1 aliphatic rings. The third-order valence-electron chi connectivity index (χ3n) is 4.28. The molecular formula is C18H18N4O3. The van der Waals surface area contributed by atoms with E-state index in [4.69, 9.17) is 9.15 Å². The Kier molecular flexibility index (Phi) is 4.07. The first kappa shape index (κ1) is 15.6. The van der Waals surface area contributed by atoms with Crippen molar-refractivity contribution in [2.45, 2.75) is 26.2 Å². The van der Waals surface area contributed by atoms with Gasteiger partial charge in [-0.1, -0.05) is 35.5 Å². The number of nitrogens with one attached hydrogen (secondary N) is 1. The highest BCUT2D eigenvalue weighted by atomic mass is 16.5. The summed E-state index contributed by atoms with van der Waals surface area (Å²) in [5, 5.41) is 11.4. The number of carbonyl (C=O) groups excluding carboxylic acids is 1. The van der Waals surface area contributed by atoms with Crippen molar-refractivity contribution in [2.24, 2.45) is 0 Å². The molecule has 2 aromatic heterocycles. The van der Waals surface area contributed by atoms with Crippen LogP contribution in [-0.2, 0) is 17.9 Å². The Balaban J connectivity index is 1.41. The van der Waals surface area contributed by atoms with E-state index in [1.165, 1.54) is 6.26 Å². The van der Waals surface area contributed by atoms with Crippen LogP contribution in [0.3, 0.4) is 0 Å². The molecule has 1 atom stereocenters. The lowest BCUT2D eigenvalue weighted by Gasteiger charge is -2.24. The summed E-state index contributed by atoms with van der Waals surface area (Å²) in [5.41, 5.74) is 3.63. The molecule has 0 fully saturated rings. The maximum Gasteiger partial charge on any atom is 0.287 e. The van der Waals surface area contributed by atoms with E-state index < -0.39 is 0 Å². The first-order valence-electron chi connectivity index (χ1n) is 8.14. The minimum Gasteiger partial charge on any atom is -0.459 e. The van der Waals surface area contributed by atoms with E-state index in [0.29, 0.717) is 25.5 Å². The Bertz CT molecular complexity index is 885. The standard InChI is InChI=1S/C18H18N4O3/c1-12-7-8-24-17(12)18(23)19-9-14-10-22-15(11-25-14)16(20-21-22)13-5-3-2-4-6-13/h2-8,14H,9-11H2,1H3,(H,19,23). The molecule has 7 nitrogen and oxygen atoms in total. The molecule has 7 heteroatoms. The van der Waals surface area contributed by atoms with Crippen LogP contribution in [0.15, 0.2) is 47.1 Å². The maximum atomic E-state index is 12.1. The van der Waals surface area contributed by atoms with Gasteiger partial charge < -0.3 is 14.5 Å². The molecule has 1 aliphatic heterocycles. The van der Waals surface area contributed by atoms with Crippen LogP contribution in [-0.4, -0.2) is 33.5 Å². The first-order chi connectivity index (χ1) is 12.2. The number of aromatic nitrogens is 3. The smallest absolute Gasteiger partial charge is 0.287 e. The van der Waals surface area contributed by atoms with Crippen LogP contribution in [0.1, 0.15) is 21.8 Å². The van der Waals surface area contributed by atoms with Crippen LogP contribution in [0.2, 0.25) is 0 Å². The number of fused-ring (bicyclic) bond motifs is 1. The number of nitrogens with zero attached hydrogens (tertiary/aromatic N) is 3. The number of benzene rings is 1.